The summed E-state index contributed by atoms with van der Waals surface area (Å²) in [6, 6.07) is -0.513. The average Bonchev–Trinajstić information content (AvgIpc) is 2.63. The number of aromatic nitrogens is 2. The van der Waals surface area contributed by atoms with Crippen LogP contribution in [-0.2, 0) is 9.53 Å². The van der Waals surface area contributed by atoms with Gasteiger partial charge in [-0.2, -0.15) is 0 Å². The first-order valence-corrected chi connectivity index (χ1v) is 4.69. The molecule has 0 spiro atoms. The van der Waals surface area contributed by atoms with Crippen LogP contribution in [0.5, 0.6) is 0 Å². The topological polar surface area (TPSA) is 76.1 Å². The van der Waals surface area contributed by atoms with E-state index in [0.717, 1.165) is 0 Å². The normalized spacial score (nSPS) is 12.4. The van der Waals surface area contributed by atoms with Gasteiger partial charge in [0.1, 0.15) is 6.04 Å². The van der Waals surface area contributed by atoms with Gasteiger partial charge in [-0.3, -0.25) is 9.36 Å². The minimum Gasteiger partial charge on any atom is -0.383 e. The summed E-state index contributed by atoms with van der Waals surface area (Å²) in [6.07, 6.45) is 3.05. The van der Waals surface area contributed by atoms with Crippen LogP contribution < -0.4 is 11.0 Å². The zero-order valence-electron chi connectivity index (χ0n) is 8.82. The zero-order chi connectivity index (χ0) is 11.3. The van der Waals surface area contributed by atoms with Crippen molar-refractivity contribution in [2.24, 2.45) is 0 Å². The summed E-state index contributed by atoms with van der Waals surface area (Å²) in [5.74, 6) is -0.200. The van der Waals surface area contributed by atoms with Crippen molar-refractivity contribution >= 4 is 5.91 Å². The molecular formula is C9H15N3O3. The summed E-state index contributed by atoms with van der Waals surface area (Å²) in [4.78, 5) is 25.2. The highest BCUT2D eigenvalue weighted by Crippen LogP contribution is 2.00. The van der Waals surface area contributed by atoms with E-state index in [-0.39, 0.29) is 11.6 Å². The van der Waals surface area contributed by atoms with Crippen molar-refractivity contribution in [3.63, 3.8) is 0 Å². The van der Waals surface area contributed by atoms with Gasteiger partial charge in [-0.25, -0.2) is 4.79 Å². The molecule has 0 saturated carbocycles. The molecule has 1 aromatic heterocycles. The van der Waals surface area contributed by atoms with Gasteiger partial charge >= 0.3 is 5.69 Å². The molecule has 1 aromatic rings. The molecule has 6 heteroatoms. The predicted molar refractivity (Wildman–Crippen MR) is 54.6 cm³/mol. The molecule has 84 valence electrons. The van der Waals surface area contributed by atoms with Gasteiger partial charge < -0.3 is 15.0 Å². The van der Waals surface area contributed by atoms with E-state index in [1.165, 1.54) is 10.8 Å². The minimum atomic E-state index is -0.513. The molecule has 0 aliphatic carbocycles. The van der Waals surface area contributed by atoms with Crippen LogP contribution in [0.15, 0.2) is 17.2 Å². The molecule has 0 aliphatic heterocycles. The molecule has 6 nitrogen and oxygen atoms in total. The maximum absolute atomic E-state index is 11.5. The van der Waals surface area contributed by atoms with Crippen molar-refractivity contribution in [3.8, 4) is 0 Å². The highest BCUT2D eigenvalue weighted by atomic mass is 16.5. The zero-order valence-corrected chi connectivity index (χ0v) is 8.82. The smallest absolute Gasteiger partial charge is 0.326 e. The first kappa shape index (κ1) is 11.5. The number of carbonyl (C=O) groups is 1. The van der Waals surface area contributed by atoms with E-state index >= 15 is 0 Å². The second-order valence-electron chi connectivity index (χ2n) is 3.13. The lowest BCUT2D eigenvalue weighted by atomic mass is 10.3. The second kappa shape index (κ2) is 5.35. The van der Waals surface area contributed by atoms with Crippen molar-refractivity contribution in [2.45, 2.75) is 13.0 Å². The van der Waals surface area contributed by atoms with Gasteiger partial charge in [-0.1, -0.05) is 0 Å². The Bertz CT molecular complexity index is 369. The van der Waals surface area contributed by atoms with Gasteiger partial charge in [-0.15, -0.1) is 0 Å². The quantitative estimate of drug-likeness (QED) is 0.647. The fraction of sp³-hybridized carbons (Fsp3) is 0.556. The van der Waals surface area contributed by atoms with Gasteiger partial charge in [0.2, 0.25) is 5.91 Å². The molecule has 0 aromatic carbocycles. The Balaban J connectivity index is 2.54. The Morgan fingerprint density at radius 1 is 1.73 bits per heavy atom. The van der Waals surface area contributed by atoms with Crippen LogP contribution in [0.3, 0.4) is 0 Å². The molecule has 0 radical (unpaired) electrons. The van der Waals surface area contributed by atoms with Gasteiger partial charge in [0.05, 0.1) is 6.61 Å². The third kappa shape index (κ3) is 2.95. The summed E-state index contributed by atoms with van der Waals surface area (Å²) in [5.41, 5.74) is -0.288. The van der Waals surface area contributed by atoms with Gasteiger partial charge in [0, 0.05) is 26.0 Å². The fourth-order valence-corrected chi connectivity index (χ4v) is 1.19. The van der Waals surface area contributed by atoms with E-state index in [4.69, 9.17) is 4.74 Å². The number of aromatic amines is 1. The van der Waals surface area contributed by atoms with Crippen LogP contribution in [0.25, 0.3) is 0 Å². The monoisotopic (exact) mass is 213 g/mol. The van der Waals surface area contributed by atoms with Crippen LogP contribution in [0.4, 0.5) is 0 Å². The number of nitrogens with zero attached hydrogens (tertiary/aromatic N) is 1. The average molecular weight is 213 g/mol. The van der Waals surface area contributed by atoms with E-state index in [2.05, 4.69) is 10.3 Å². The fourth-order valence-electron chi connectivity index (χ4n) is 1.19. The largest absolute Gasteiger partial charge is 0.383 e. The van der Waals surface area contributed by atoms with Crippen LogP contribution in [-0.4, -0.2) is 35.7 Å². The maximum atomic E-state index is 11.5. The summed E-state index contributed by atoms with van der Waals surface area (Å²) in [7, 11) is 1.56. The lowest BCUT2D eigenvalue weighted by Gasteiger charge is -2.12. The lowest BCUT2D eigenvalue weighted by Crippen LogP contribution is -2.36. The lowest BCUT2D eigenvalue weighted by molar-refractivity contribution is -0.124. The first-order chi connectivity index (χ1) is 7.16. The molecule has 1 heterocycles. The number of imidazole rings is 1. The Hall–Kier alpha value is -1.56. The number of hydrogen-bond acceptors (Lipinski definition) is 3. The number of carbonyl (C=O) groups excluding carboxylic acids is 1. The van der Waals surface area contributed by atoms with E-state index in [1.807, 2.05) is 0 Å². The Kier molecular flexibility index (Phi) is 4.11. The number of methoxy groups -OCH3 is 1. The van der Waals surface area contributed by atoms with Crippen molar-refractivity contribution in [1.29, 1.82) is 0 Å². The van der Waals surface area contributed by atoms with Crippen molar-refractivity contribution in [3.05, 3.63) is 22.9 Å². The molecule has 1 atom stereocenters. The van der Waals surface area contributed by atoms with Crippen LogP contribution in [0.2, 0.25) is 0 Å². The number of H-pyrrole nitrogens is 1. The minimum absolute atomic E-state index is 0.200. The Labute approximate surface area is 87.2 Å². The molecule has 1 unspecified atom stereocenters. The molecule has 0 saturated heterocycles. The number of hydrogen-bond donors (Lipinski definition) is 2. The third-order valence-corrected chi connectivity index (χ3v) is 2.08. The molecule has 15 heavy (non-hydrogen) atoms. The van der Waals surface area contributed by atoms with E-state index in [1.54, 1.807) is 20.2 Å². The summed E-state index contributed by atoms with van der Waals surface area (Å²) in [5, 5.41) is 2.66. The Morgan fingerprint density at radius 2 is 2.47 bits per heavy atom. The van der Waals surface area contributed by atoms with Gasteiger partial charge in [0.25, 0.3) is 0 Å². The first-order valence-electron chi connectivity index (χ1n) is 4.69. The van der Waals surface area contributed by atoms with Crippen molar-refractivity contribution in [2.75, 3.05) is 20.3 Å². The molecular weight excluding hydrogens is 198 g/mol. The van der Waals surface area contributed by atoms with Gasteiger partial charge in [-0.05, 0) is 6.92 Å². The van der Waals surface area contributed by atoms with Crippen LogP contribution >= 0.6 is 0 Å². The number of rotatable bonds is 5. The van der Waals surface area contributed by atoms with Crippen LogP contribution in [0, 0.1) is 0 Å². The number of nitrogens with one attached hydrogen (secondary N) is 2. The Morgan fingerprint density at radius 3 is 3.00 bits per heavy atom. The molecule has 1 amide bonds. The van der Waals surface area contributed by atoms with E-state index in [9.17, 15) is 9.59 Å². The molecule has 2 N–H and O–H groups in total. The SMILES string of the molecule is COCCNC(=O)C(C)n1cc[nH]c1=O. The standard InChI is InChI=1S/C9H15N3O3/c1-7(8(13)10-4-6-15-2)12-5-3-11-9(12)14/h3,5,7H,4,6H2,1-2H3,(H,10,13)(H,11,14). The molecule has 0 aliphatic rings. The predicted octanol–water partition coefficient (Wildman–Crippen LogP) is -0.500. The third-order valence-electron chi connectivity index (χ3n) is 2.08. The molecule has 0 fully saturated rings. The maximum Gasteiger partial charge on any atom is 0.326 e. The second-order valence-corrected chi connectivity index (χ2v) is 3.13. The highest BCUT2D eigenvalue weighted by Gasteiger charge is 2.15. The summed E-state index contributed by atoms with van der Waals surface area (Å²) >= 11 is 0. The van der Waals surface area contributed by atoms with E-state index in [0.29, 0.717) is 13.2 Å². The van der Waals surface area contributed by atoms with Crippen LogP contribution in [0.1, 0.15) is 13.0 Å². The summed E-state index contributed by atoms with van der Waals surface area (Å²) in [6.45, 7) is 2.57. The number of ether oxygens (including phenoxy) is 1. The van der Waals surface area contributed by atoms with Gasteiger partial charge in [0.15, 0.2) is 0 Å². The number of amides is 1. The van der Waals surface area contributed by atoms with E-state index < -0.39 is 6.04 Å². The molecule has 1 rings (SSSR count). The molecule has 0 bridgehead atoms. The van der Waals surface area contributed by atoms with Crippen molar-refractivity contribution in [1.82, 2.24) is 14.9 Å². The summed E-state index contributed by atoms with van der Waals surface area (Å²) < 4.78 is 6.13. The van der Waals surface area contributed by atoms with Crippen molar-refractivity contribution < 1.29 is 9.53 Å². The highest BCUT2D eigenvalue weighted by molar-refractivity contribution is 5.79.